The topological polar surface area (TPSA) is 20.2 Å². The molecular weight excluding hydrogens is 246 g/mol. The molecule has 1 N–H and O–H groups in total. The van der Waals surface area contributed by atoms with Crippen LogP contribution >= 0.6 is 11.6 Å². The number of aromatic hydroxyl groups is 1. The summed E-state index contributed by atoms with van der Waals surface area (Å²) in [6.45, 7) is 1.73. The standard InChI is InChI=1S/C13H9ClF2O/c1-7-2-8(4-9(15)3-7)10-5-11(14)12(16)6-13(10)17/h2-6,17H,1H3. The van der Waals surface area contributed by atoms with Gasteiger partial charge in [-0.15, -0.1) is 0 Å². The van der Waals surface area contributed by atoms with E-state index in [1.165, 1.54) is 18.2 Å². The molecule has 0 unspecified atom stereocenters. The third-order valence-corrected chi connectivity index (χ3v) is 2.68. The highest BCUT2D eigenvalue weighted by atomic mass is 35.5. The van der Waals surface area contributed by atoms with Crippen molar-refractivity contribution in [3.05, 3.63) is 52.6 Å². The van der Waals surface area contributed by atoms with Gasteiger partial charge in [-0.25, -0.2) is 8.78 Å². The number of phenolic OH excluding ortho intramolecular Hbond substituents is 1. The van der Waals surface area contributed by atoms with Gasteiger partial charge in [0.1, 0.15) is 17.4 Å². The average Bonchev–Trinajstić information content (AvgIpc) is 2.22. The lowest BCUT2D eigenvalue weighted by atomic mass is 10.0. The lowest BCUT2D eigenvalue weighted by Gasteiger charge is -2.07. The zero-order valence-electron chi connectivity index (χ0n) is 8.97. The fourth-order valence-electron chi connectivity index (χ4n) is 1.66. The third-order valence-electron chi connectivity index (χ3n) is 2.39. The molecule has 4 heteroatoms. The summed E-state index contributed by atoms with van der Waals surface area (Å²) >= 11 is 5.64. The SMILES string of the molecule is Cc1cc(F)cc(-c2cc(Cl)c(F)cc2O)c1. The molecule has 0 aliphatic heterocycles. The van der Waals surface area contributed by atoms with E-state index in [2.05, 4.69) is 0 Å². The van der Waals surface area contributed by atoms with Crippen LogP contribution in [-0.4, -0.2) is 5.11 Å². The molecular formula is C13H9ClF2O. The number of phenols is 1. The lowest BCUT2D eigenvalue weighted by molar-refractivity contribution is 0.471. The van der Waals surface area contributed by atoms with Crippen molar-refractivity contribution in [2.75, 3.05) is 0 Å². The van der Waals surface area contributed by atoms with Crippen molar-refractivity contribution in [1.29, 1.82) is 0 Å². The van der Waals surface area contributed by atoms with E-state index < -0.39 is 11.6 Å². The first-order chi connectivity index (χ1) is 7.97. The van der Waals surface area contributed by atoms with E-state index in [4.69, 9.17) is 11.6 Å². The lowest BCUT2D eigenvalue weighted by Crippen LogP contribution is -1.86. The minimum atomic E-state index is -0.707. The van der Waals surface area contributed by atoms with Gasteiger partial charge >= 0.3 is 0 Å². The van der Waals surface area contributed by atoms with Crippen LogP contribution in [0.4, 0.5) is 8.78 Å². The fourth-order valence-corrected chi connectivity index (χ4v) is 1.82. The van der Waals surface area contributed by atoms with Gasteiger partial charge in [0.15, 0.2) is 0 Å². The van der Waals surface area contributed by atoms with E-state index >= 15 is 0 Å². The highest BCUT2D eigenvalue weighted by molar-refractivity contribution is 6.31. The maximum absolute atomic E-state index is 13.2. The van der Waals surface area contributed by atoms with Crippen molar-refractivity contribution in [2.24, 2.45) is 0 Å². The molecule has 17 heavy (non-hydrogen) atoms. The minimum Gasteiger partial charge on any atom is -0.507 e. The summed E-state index contributed by atoms with van der Waals surface area (Å²) in [4.78, 5) is 0. The Kier molecular flexibility index (Phi) is 3.03. The molecule has 0 heterocycles. The predicted molar refractivity (Wildman–Crippen MR) is 63.2 cm³/mol. The van der Waals surface area contributed by atoms with Gasteiger partial charge in [-0.2, -0.15) is 0 Å². The first-order valence-electron chi connectivity index (χ1n) is 4.93. The molecule has 0 aliphatic rings. The summed E-state index contributed by atoms with van der Waals surface area (Å²) in [7, 11) is 0. The molecule has 0 atom stereocenters. The Bertz CT molecular complexity index is 562. The Morgan fingerprint density at radius 2 is 1.76 bits per heavy atom. The summed E-state index contributed by atoms with van der Waals surface area (Å²) in [5.74, 6) is -1.39. The van der Waals surface area contributed by atoms with Crippen LogP contribution in [0.2, 0.25) is 5.02 Å². The van der Waals surface area contributed by atoms with Crippen molar-refractivity contribution in [3.63, 3.8) is 0 Å². The van der Waals surface area contributed by atoms with E-state index in [0.717, 1.165) is 6.07 Å². The number of aryl methyl sites for hydroxylation is 1. The van der Waals surface area contributed by atoms with Crippen molar-refractivity contribution < 1.29 is 13.9 Å². The third kappa shape index (κ3) is 2.39. The van der Waals surface area contributed by atoms with Gasteiger partial charge in [-0.05, 0) is 36.2 Å². The van der Waals surface area contributed by atoms with E-state index in [1.807, 2.05) is 0 Å². The average molecular weight is 255 g/mol. The second kappa shape index (κ2) is 4.34. The van der Waals surface area contributed by atoms with Gasteiger partial charge in [-0.3, -0.25) is 0 Å². The number of hydrogen-bond acceptors (Lipinski definition) is 1. The van der Waals surface area contributed by atoms with E-state index in [0.29, 0.717) is 16.7 Å². The van der Waals surface area contributed by atoms with Crippen LogP contribution in [0.5, 0.6) is 5.75 Å². The summed E-state index contributed by atoms with van der Waals surface area (Å²) in [6, 6.07) is 6.51. The highest BCUT2D eigenvalue weighted by Gasteiger charge is 2.10. The molecule has 88 valence electrons. The molecule has 2 aromatic rings. The summed E-state index contributed by atoms with van der Waals surface area (Å²) < 4.78 is 26.3. The summed E-state index contributed by atoms with van der Waals surface area (Å²) in [5, 5.41) is 9.52. The highest BCUT2D eigenvalue weighted by Crippen LogP contribution is 2.34. The Morgan fingerprint density at radius 1 is 1.06 bits per heavy atom. The second-order valence-corrected chi connectivity index (χ2v) is 4.21. The quantitative estimate of drug-likeness (QED) is 0.804. The molecule has 0 radical (unpaired) electrons. The molecule has 0 bridgehead atoms. The zero-order valence-corrected chi connectivity index (χ0v) is 9.72. The molecule has 0 spiro atoms. The molecule has 0 saturated heterocycles. The number of rotatable bonds is 1. The van der Waals surface area contributed by atoms with Crippen LogP contribution in [0, 0.1) is 18.6 Å². The molecule has 0 fully saturated rings. The zero-order chi connectivity index (χ0) is 12.6. The van der Waals surface area contributed by atoms with Crippen LogP contribution in [0.1, 0.15) is 5.56 Å². The van der Waals surface area contributed by atoms with Gasteiger partial charge in [-0.1, -0.05) is 17.7 Å². The normalized spacial score (nSPS) is 10.6. The molecule has 2 rings (SSSR count). The van der Waals surface area contributed by atoms with Gasteiger partial charge < -0.3 is 5.11 Å². The first-order valence-corrected chi connectivity index (χ1v) is 5.31. The largest absolute Gasteiger partial charge is 0.507 e. The number of benzene rings is 2. The molecule has 0 aromatic heterocycles. The molecule has 0 aliphatic carbocycles. The monoisotopic (exact) mass is 254 g/mol. The maximum atomic E-state index is 13.2. The number of hydrogen-bond donors (Lipinski definition) is 1. The smallest absolute Gasteiger partial charge is 0.145 e. The van der Waals surface area contributed by atoms with Crippen LogP contribution in [0.15, 0.2) is 30.3 Å². The Hall–Kier alpha value is -1.61. The summed E-state index contributed by atoms with van der Waals surface area (Å²) in [5.41, 5.74) is 1.47. The van der Waals surface area contributed by atoms with E-state index in [-0.39, 0.29) is 10.8 Å². The van der Waals surface area contributed by atoms with Gasteiger partial charge in [0.25, 0.3) is 0 Å². The Morgan fingerprint density at radius 3 is 2.41 bits per heavy atom. The molecule has 1 nitrogen and oxygen atoms in total. The Labute approximate surface area is 102 Å². The van der Waals surface area contributed by atoms with Crippen LogP contribution < -0.4 is 0 Å². The predicted octanol–water partition coefficient (Wildman–Crippen LogP) is 4.30. The summed E-state index contributed by atoms with van der Waals surface area (Å²) in [6.07, 6.45) is 0. The van der Waals surface area contributed by atoms with Crippen LogP contribution in [0.25, 0.3) is 11.1 Å². The maximum Gasteiger partial charge on any atom is 0.145 e. The molecule has 0 amide bonds. The Balaban J connectivity index is 2.64. The van der Waals surface area contributed by atoms with Crippen molar-refractivity contribution >= 4 is 11.6 Å². The van der Waals surface area contributed by atoms with E-state index in [1.54, 1.807) is 13.0 Å². The molecule has 2 aromatic carbocycles. The van der Waals surface area contributed by atoms with Gasteiger partial charge in [0.2, 0.25) is 0 Å². The van der Waals surface area contributed by atoms with Crippen LogP contribution in [0.3, 0.4) is 0 Å². The van der Waals surface area contributed by atoms with Crippen molar-refractivity contribution in [1.82, 2.24) is 0 Å². The fraction of sp³-hybridized carbons (Fsp3) is 0.0769. The van der Waals surface area contributed by atoms with Gasteiger partial charge in [0, 0.05) is 11.6 Å². The van der Waals surface area contributed by atoms with Crippen molar-refractivity contribution in [3.8, 4) is 16.9 Å². The van der Waals surface area contributed by atoms with Crippen molar-refractivity contribution in [2.45, 2.75) is 6.92 Å². The number of halogens is 3. The molecule has 0 saturated carbocycles. The first kappa shape index (κ1) is 11.9. The van der Waals surface area contributed by atoms with Crippen LogP contribution in [-0.2, 0) is 0 Å². The minimum absolute atomic E-state index is 0.111. The van der Waals surface area contributed by atoms with E-state index in [9.17, 15) is 13.9 Å². The van der Waals surface area contributed by atoms with Gasteiger partial charge in [0.05, 0.1) is 5.02 Å². The second-order valence-electron chi connectivity index (χ2n) is 3.80.